The standard InChI is InChI=1S/C26H21F3N4O2/c27-26(28,29)19-7-11-24(31-15-19)35-20-8-10-21-18(14-20)6-9-22(32-21)25(34)33-13-12-30-16-23(33)17-4-2-1-3-5-17/h1-11,14-15,23,30H,12-13,16H2. The summed E-state index contributed by atoms with van der Waals surface area (Å²) < 4.78 is 43.8. The highest BCUT2D eigenvalue weighted by molar-refractivity contribution is 5.95. The van der Waals surface area contributed by atoms with Gasteiger partial charge in [0, 0.05) is 37.3 Å². The molecule has 35 heavy (non-hydrogen) atoms. The highest BCUT2D eigenvalue weighted by Crippen LogP contribution is 2.31. The van der Waals surface area contributed by atoms with Crippen molar-refractivity contribution in [3.8, 4) is 11.6 Å². The molecule has 0 bridgehead atoms. The molecule has 1 saturated heterocycles. The molecule has 0 saturated carbocycles. The number of benzene rings is 2. The summed E-state index contributed by atoms with van der Waals surface area (Å²) in [6.45, 7) is 1.95. The number of halogens is 3. The molecule has 1 atom stereocenters. The highest BCUT2D eigenvalue weighted by Gasteiger charge is 2.31. The van der Waals surface area contributed by atoms with Gasteiger partial charge in [0.05, 0.1) is 17.1 Å². The minimum Gasteiger partial charge on any atom is -0.439 e. The van der Waals surface area contributed by atoms with Gasteiger partial charge < -0.3 is 15.0 Å². The van der Waals surface area contributed by atoms with Crippen LogP contribution >= 0.6 is 0 Å². The van der Waals surface area contributed by atoms with E-state index in [2.05, 4.69) is 15.3 Å². The molecule has 0 spiro atoms. The lowest BCUT2D eigenvalue weighted by atomic mass is 10.0. The number of ether oxygens (including phenoxy) is 1. The lowest BCUT2D eigenvalue weighted by molar-refractivity contribution is -0.137. The molecule has 1 aliphatic heterocycles. The Bertz CT molecular complexity index is 1340. The highest BCUT2D eigenvalue weighted by atomic mass is 19.4. The predicted molar refractivity (Wildman–Crippen MR) is 124 cm³/mol. The van der Waals surface area contributed by atoms with E-state index in [1.54, 1.807) is 30.3 Å². The van der Waals surface area contributed by atoms with Crippen LogP contribution in [-0.2, 0) is 6.18 Å². The molecule has 2 aromatic heterocycles. The van der Waals surface area contributed by atoms with Gasteiger partial charge in [-0.2, -0.15) is 13.2 Å². The Morgan fingerprint density at radius 2 is 1.86 bits per heavy atom. The molecule has 178 valence electrons. The summed E-state index contributed by atoms with van der Waals surface area (Å²) in [5, 5.41) is 4.07. The van der Waals surface area contributed by atoms with Gasteiger partial charge in [-0.25, -0.2) is 9.97 Å². The molecular formula is C26H21F3N4O2. The number of alkyl halides is 3. The molecule has 2 aromatic carbocycles. The van der Waals surface area contributed by atoms with E-state index >= 15 is 0 Å². The van der Waals surface area contributed by atoms with Gasteiger partial charge in [-0.3, -0.25) is 4.79 Å². The lowest BCUT2D eigenvalue weighted by Gasteiger charge is -2.36. The summed E-state index contributed by atoms with van der Waals surface area (Å²) in [6.07, 6.45) is -3.73. The number of carbonyl (C=O) groups excluding carboxylic acids is 1. The minimum absolute atomic E-state index is 0.0442. The van der Waals surface area contributed by atoms with Crippen LogP contribution < -0.4 is 10.1 Å². The number of hydrogen-bond donors (Lipinski definition) is 1. The van der Waals surface area contributed by atoms with Crippen molar-refractivity contribution in [2.75, 3.05) is 19.6 Å². The second-order valence-corrected chi connectivity index (χ2v) is 8.17. The van der Waals surface area contributed by atoms with Crippen molar-refractivity contribution in [2.24, 2.45) is 0 Å². The summed E-state index contributed by atoms with van der Waals surface area (Å²) in [7, 11) is 0. The number of nitrogens with one attached hydrogen (secondary N) is 1. The first kappa shape index (κ1) is 22.8. The van der Waals surface area contributed by atoms with Crippen LogP contribution in [0.3, 0.4) is 0 Å². The van der Waals surface area contributed by atoms with E-state index in [1.807, 2.05) is 35.2 Å². The molecule has 6 nitrogen and oxygen atoms in total. The maximum absolute atomic E-state index is 13.4. The van der Waals surface area contributed by atoms with Gasteiger partial charge in [0.15, 0.2) is 0 Å². The number of hydrogen-bond acceptors (Lipinski definition) is 5. The number of fused-ring (bicyclic) bond motifs is 1. The Kier molecular flexibility index (Phi) is 6.08. The topological polar surface area (TPSA) is 67.3 Å². The normalized spacial score (nSPS) is 16.3. The number of aromatic nitrogens is 2. The van der Waals surface area contributed by atoms with E-state index in [4.69, 9.17) is 4.74 Å². The predicted octanol–water partition coefficient (Wildman–Crippen LogP) is 5.23. The molecule has 1 N–H and O–H groups in total. The summed E-state index contributed by atoms with van der Waals surface area (Å²) in [5.74, 6) is 0.302. The molecule has 9 heteroatoms. The van der Waals surface area contributed by atoms with Crippen molar-refractivity contribution in [1.29, 1.82) is 0 Å². The number of carbonyl (C=O) groups is 1. The van der Waals surface area contributed by atoms with Crippen LogP contribution in [0.25, 0.3) is 10.9 Å². The van der Waals surface area contributed by atoms with E-state index < -0.39 is 11.7 Å². The van der Waals surface area contributed by atoms with E-state index in [0.29, 0.717) is 36.6 Å². The Hall–Kier alpha value is -3.98. The lowest BCUT2D eigenvalue weighted by Crippen LogP contribution is -2.48. The molecule has 0 radical (unpaired) electrons. The van der Waals surface area contributed by atoms with Crippen LogP contribution in [0, 0.1) is 0 Å². The van der Waals surface area contributed by atoms with Crippen molar-refractivity contribution >= 4 is 16.8 Å². The van der Waals surface area contributed by atoms with Gasteiger partial charge in [-0.1, -0.05) is 36.4 Å². The van der Waals surface area contributed by atoms with Gasteiger partial charge in [0.1, 0.15) is 11.4 Å². The summed E-state index contributed by atoms with van der Waals surface area (Å²) in [6, 6.07) is 20.4. The van der Waals surface area contributed by atoms with Crippen molar-refractivity contribution in [3.05, 3.63) is 95.8 Å². The second-order valence-electron chi connectivity index (χ2n) is 8.17. The SMILES string of the molecule is O=C(c1ccc2cc(Oc3ccc(C(F)(F)F)cn3)ccc2n1)N1CCNCC1c1ccccc1. The summed E-state index contributed by atoms with van der Waals surface area (Å²) in [5.41, 5.74) is 1.17. The largest absolute Gasteiger partial charge is 0.439 e. The number of rotatable bonds is 4. The third-order valence-electron chi connectivity index (χ3n) is 5.85. The van der Waals surface area contributed by atoms with Crippen LogP contribution in [0.4, 0.5) is 13.2 Å². The van der Waals surface area contributed by atoms with Crippen LogP contribution in [0.5, 0.6) is 11.6 Å². The fraction of sp³-hybridized carbons (Fsp3) is 0.192. The molecular weight excluding hydrogens is 457 g/mol. The second kappa shape index (κ2) is 9.34. The Morgan fingerprint density at radius 3 is 2.60 bits per heavy atom. The van der Waals surface area contributed by atoms with Crippen LogP contribution in [0.2, 0.25) is 0 Å². The van der Waals surface area contributed by atoms with Crippen LogP contribution in [-0.4, -0.2) is 40.4 Å². The van der Waals surface area contributed by atoms with Crippen molar-refractivity contribution in [1.82, 2.24) is 20.2 Å². The third kappa shape index (κ3) is 4.95. The Labute approximate surface area is 199 Å². The smallest absolute Gasteiger partial charge is 0.417 e. The van der Waals surface area contributed by atoms with Gasteiger partial charge >= 0.3 is 6.18 Å². The molecule has 3 heterocycles. The van der Waals surface area contributed by atoms with E-state index in [9.17, 15) is 18.0 Å². The van der Waals surface area contributed by atoms with Gasteiger partial charge in [-0.15, -0.1) is 0 Å². The average Bonchev–Trinajstić information content (AvgIpc) is 2.88. The average molecular weight is 478 g/mol. The number of nitrogens with zero attached hydrogens (tertiary/aromatic N) is 3. The van der Waals surface area contributed by atoms with E-state index in [-0.39, 0.29) is 17.8 Å². The van der Waals surface area contributed by atoms with Crippen molar-refractivity contribution in [2.45, 2.75) is 12.2 Å². The maximum Gasteiger partial charge on any atom is 0.417 e. The molecule has 4 aromatic rings. The first-order chi connectivity index (χ1) is 16.9. The minimum atomic E-state index is -4.46. The summed E-state index contributed by atoms with van der Waals surface area (Å²) >= 11 is 0. The van der Waals surface area contributed by atoms with Gasteiger partial charge in [0.2, 0.25) is 5.88 Å². The van der Waals surface area contributed by atoms with E-state index in [1.165, 1.54) is 6.07 Å². The van der Waals surface area contributed by atoms with Crippen molar-refractivity contribution in [3.63, 3.8) is 0 Å². The molecule has 1 fully saturated rings. The van der Waals surface area contributed by atoms with Crippen molar-refractivity contribution < 1.29 is 22.7 Å². The zero-order valence-corrected chi connectivity index (χ0v) is 18.5. The van der Waals surface area contributed by atoms with Crippen LogP contribution in [0.1, 0.15) is 27.7 Å². The van der Waals surface area contributed by atoms with E-state index in [0.717, 1.165) is 23.2 Å². The molecule has 5 rings (SSSR count). The summed E-state index contributed by atoms with van der Waals surface area (Å²) in [4.78, 5) is 23.5. The quantitative estimate of drug-likeness (QED) is 0.435. The first-order valence-corrected chi connectivity index (χ1v) is 11.1. The Morgan fingerprint density at radius 1 is 1.03 bits per heavy atom. The van der Waals surface area contributed by atoms with Gasteiger partial charge in [0.25, 0.3) is 5.91 Å². The Balaban J connectivity index is 1.35. The number of amides is 1. The monoisotopic (exact) mass is 478 g/mol. The fourth-order valence-electron chi connectivity index (χ4n) is 4.08. The molecule has 1 amide bonds. The maximum atomic E-state index is 13.4. The fourth-order valence-corrected chi connectivity index (χ4v) is 4.08. The number of piperazine rings is 1. The zero-order chi connectivity index (χ0) is 24.4. The molecule has 0 aliphatic carbocycles. The van der Waals surface area contributed by atoms with Gasteiger partial charge in [-0.05, 0) is 35.9 Å². The number of pyridine rings is 2. The third-order valence-corrected chi connectivity index (χ3v) is 5.85. The zero-order valence-electron chi connectivity index (χ0n) is 18.5. The first-order valence-electron chi connectivity index (χ1n) is 11.1. The molecule has 1 aliphatic rings. The van der Waals surface area contributed by atoms with Crippen LogP contribution in [0.15, 0.2) is 79.0 Å². The molecule has 1 unspecified atom stereocenters.